The number of rotatable bonds is 6. The summed E-state index contributed by atoms with van der Waals surface area (Å²) in [4.78, 5) is 9.93. The number of amidine groups is 1. The lowest BCUT2D eigenvalue weighted by molar-refractivity contribution is 0.131. The number of pyridine rings is 1. The monoisotopic (exact) mass is 419 g/mol. The van der Waals surface area contributed by atoms with Gasteiger partial charge >= 0.3 is 0 Å². The van der Waals surface area contributed by atoms with Crippen LogP contribution in [0.15, 0.2) is 65.9 Å². The topological polar surface area (TPSA) is 78.3 Å². The Balaban J connectivity index is 1.49. The van der Waals surface area contributed by atoms with Crippen molar-refractivity contribution in [2.75, 3.05) is 0 Å². The summed E-state index contributed by atoms with van der Waals surface area (Å²) in [6.45, 7) is 4.87. The summed E-state index contributed by atoms with van der Waals surface area (Å²) in [7, 11) is 0. The van der Waals surface area contributed by atoms with Crippen molar-refractivity contribution in [2.24, 2.45) is 10.9 Å². The Morgan fingerprint density at radius 3 is 2.80 bits per heavy atom. The lowest BCUT2D eigenvalue weighted by Crippen LogP contribution is -2.15. The van der Waals surface area contributed by atoms with Crippen LogP contribution in [0.4, 0.5) is 0 Å². The molecule has 0 saturated heterocycles. The third kappa shape index (κ3) is 4.28. The zero-order valence-electron chi connectivity index (χ0n) is 16.8. The predicted molar refractivity (Wildman–Crippen MR) is 120 cm³/mol. The molecule has 4 aromatic rings. The molecule has 0 saturated carbocycles. The molecule has 0 aliphatic carbocycles. The highest BCUT2D eigenvalue weighted by Crippen LogP contribution is 2.25. The lowest BCUT2D eigenvalue weighted by atomic mass is 10.1. The second kappa shape index (κ2) is 8.55. The van der Waals surface area contributed by atoms with Crippen LogP contribution in [0.25, 0.3) is 10.9 Å². The molecule has 152 valence electrons. The van der Waals surface area contributed by atoms with Crippen molar-refractivity contribution in [3.8, 4) is 0 Å². The molecule has 4 rings (SSSR count). The van der Waals surface area contributed by atoms with Crippen LogP contribution in [-0.2, 0) is 18.0 Å². The van der Waals surface area contributed by atoms with Crippen LogP contribution in [0.3, 0.4) is 0 Å². The number of nitrogens with two attached hydrogens (primary N) is 1. The van der Waals surface area contributed by atoms with Gasteiger partial charge in [-0.15, -0.1) is 0 Å². The lowest BCUT2D eigenvalue weighted by Gasteiger charge is -2.09. The number of aryl methyl sites for hydroxylation is 2. The van der Waals surface area contributed by atoms with Gasteiger partial charge in [-0.1, -0.05) is 47.1 Å². The van der Waals surface area contributed by atoms with E-state index in [-0.39, 0.29) is 6.61 Å². The fourth-order valence-electron chi connectivity index (χ4n) is 3.37. The molecule has 0 aliphatic rings. The number of halogens is 1. The van der Waals surface area contributed by atoms with E-state index in [1.54, 1.807) is 6.20 Å². The molecule has 2 N–H and O–H groups in total. The minimum atomic E-state index is 0.180. The summed E-state index contributed by atoms with van der Waals surface area (Å²) >= 11 is 6.34. The minimum absolute atomic E-state index is 0.180. The molecular weight excluding hydrogens is 398 g/mol. The third-order valence-corrected chi connectivity index (χ3v) is 5.21. The molecule has 2 aromatic heterocycles. The van der Waals surface area contributed by atoms with Crippen LogP contribution in [0.2, 0.25) is 5.02 Å². The van der Waals surface area contributed by atoms with Crippen molar-refractivity contribution >= 4 is 28.3 Å². The summed E-state index contributed by atoms with van der Waals surface area (Å²) in [5.41, 5.74) is 11.7. The van der Waals surface area contributed by atoms with Gasteiger partial charge in [0.15, 0.2) is 5.84 Å². The van der Waals surface area contributed by atoms with Gasteiger partial charge in [0.2, 0.25) is 0 Å². The summed E-state index contributed by atoms with van der Waals surface area (Å²) < 4.78 is 1.97. The molecular formula is C23H22ClN5O. The van der Waals surface area contributed by atoms with Crippen molar-refractivity contribution in [1.82, 2.24) is 14.8 Å². The highest BCUT2D eigenvalue weighted by Gasteiger charge is 2.09. The van der Waals surface area contributed by atoms with Crippen LogP contribution in [0.5, 0.6) is 0 Å². The van der Waals surface area contributed by atoms with E-state index in [2.05, 4.69) is 21.3 Å². The first-order valence-corrected chi connectivity index (χ1v) is 9.97. The number of oxime groups is 1. The molecule has 6 nitrogen and oxygen atoms in total. The maximum atomic E-state index is 6.34. The maximum absolute atomic E-state index is 6.34. The standard InChI is InChI=1S/C23H22ClN5O/c1-15-11-16(2)29(27-15)13-17-5-3-6-19(12-17)23(25)28-30-14-20-21(24)9-8-18-7-4-10-26-22(18)20/h3-12H,13-14H2,1-2H3,(H2,25,28). The maximum Gasteiger partial charge on any atom is 0.170 e. The smallest absolute Gasteiger partial charge is 0.170 e. The molecule has 0 radical (unpaired) electrons. The molecule has 0 fully saturated rings. The first kappa shape index (κ1) is 19.9. The van der Waals surface area contributed by atoms with Gasteiger partial charge in [-0.3, -0.25) is 9.67 Å². The Hall–Kier alpha value is -3.38. The first-order valence-electron chi connectivity index (χ1n) is 9.59. The first-order chi connectivity index (χ1) is 14.5. The van der Waals surface area contributed by atoms with Gasteiger partial charge in [-0.05, 0) is 43.7 Å². The molecule has 2 aromatic carbocycles. The Morgan fingerprint density at radius 2 is 2.00 bits per heavy atom. The van der Waals surface area contributed by atoms with Crippen molar-refractivity contribution in [1.29, 1.82) is 0 Å². The Kier molecular flexibility index (Phi) is 5.68. The van der Waals surface area contributed by atoms with Crippen molar-refractivity contribution < 1.29 is 4.84 Å². The molecule has 0 unspecified atom stereocenters. The number of hydrogen-bond acceptors (Lipinski definition) is 4. The average molecular weight is 420 g/mol. The summed E-state index contributed by atoms with van der Waals surface area (Å²) in [6, 6.07) is 17.6. The Morgan fingerprint density at radius 1 is 1.13 bits per heavy atom. The van der Waals surface area contributed by atoms with E-state index in [9.17, 15) is 0 Å². The fourth-order valence-corrected chi connectivity index (χ4v) is 3.58. The van der Waals surface area contributed by atoms with Crippen LogP contribution >= 0.6 is 11.6 Å². The normalized spacial score (nSPS) is 11.8. The molecule has 0 bridgehead atoms. The van der Waals surface area contributed by atoms with E-state index in [0.29, 0.717) is 17.4 Å². The van der Waals surface area contributed by atoms with Gasteiger partial charge < -0.3 is 10.6 Å². The van der Waals surface area contributed by atoms with Gasteiger partial charge in [0.05, 0.1) is 17.8 Å². The van der Waals surface area contributed by atoms with Crippen LogP contribution < -0.4 is 5.73 Å². The van der Waals surface area contributed by atoms with Gasteiger partial charge in [0, 0.05) is 33.4 Å². The van der Waals surface area contributed by atoms with Gasteiger partial charge in [0.1, 0.15) is 6.61 Å². The molecule has 7 heteroatoms. The van der Waals surface area contributed by atoms with Gasteiger partial charge in [-0.25, -0.2) is 0 Å². The molecule has 0 spiro atoms. The van der Waals surface area contributed by atoms with E-state index in [1.165, 1.54) is 0 Å². The summed E-state index contributed by atoms with van der Waals surface area (Å²) in [5.74, 6) is 0.300. The number of aromatic nitrogens is 3. The number of hydrogen-bond donors (Lipinski definition) is 1. The molecule has 0 aliphatic heterocycles. The zero-order chi connectivity index (χ0) is 21.1. The van der Waals surface area contributed by atoms with Crippen LogP contribution in [0.1, 0.15) is 28.1 Å². The van der Waals surface area contributed by atoms with Crippen LogP contribution in [-0.4, -0.2) is 20.6 Å². The second-order valence-corrected chi connectivity index (χ2v) is 7.54. The molecule has 0 amide bonds. The molecule has 30 heavy (non-hydrogen) atoms. The summed E-state index contributed by atoms with van der Waals surface area (Å²) in [5, 5.41) is 10.2. The zero-order valence-corrected chi connectivity index (χ0v) is 17.6. The Labute approximate surface area is 179 Å². The van der Waals surface area contributed by atoms with Crippen molar-refractivity contribution in [2.45, 2.75) is 27.0 Å². The SMILES string of the molecule is Cc1cc(C)n(Cc2cccc(/C(N)=N/OCc3c(Cl)ccc4cccnc34)c2)n1. The van der Waals surface area contributed by atoms with E-state index in [1.807, 2.05) is 67.1 Å². The summed E-state index contributed by atoms with van der Waals surface area (Å²) in [6.07, 6.45) is 1.73. The van der Waals surface area contributed by atoms with Crippen molar-refractivity contribution in [3.63, 3.8) is 0 Å². The van der Waals surface area contributed by atoms with Gasteiger partial charge in [0.25, 0.3) is 0 Å². The third-order valence-electron chi connectivity index (χ3n) is 4.85. The number of nitrogens with zero attached hydrogens (tertiary/aromatic N) is 4. The van der Waals surface area contributed by atoms with Crippen LogP contribution in [0, 0.1) is 13.8 Å². The van der Waals surface area contributed by atoms with E-state index < -0.39 is 0 Å². The van der Waals surface area contributed by atoms with E-state index in [0.717, 1.165) is 39.0 Å². The fraction of sp³-hybridized carbons (Fsp3) is 0.174. The average Bonchev–Trinajstić information content (AvgIpc) is 3.06. The van der Waals surface area contributed by atoms with Gasteiger partial charge in [-0.2, -0.15) is 5.10 Å². The number of benzene rings is 2. The second-order valence-electron chi connectivity index (χ2n) is 7.14. The minimum Gasteiger partial charge on any atom is -0.389 e. The van der Waals surface area contributed by atoms with Crippen molar-refractivity contribution in [3.05, 3.63) is 93.9 Å². The largest absolute Gasteiger partial charge is 0.389 e. The van der Waals surface area contributed by atoms with E-state index in [4.69, 9.17) is 22.2 Å². The highest BCUT2D eigenvalue weighted by molar-refractivity contribution is 6.32. The molecule has 2 heterocycles. The molecule has 0 atom stereocenters. The highest BCUT2D eigenvalue weighted by atomic mass is 35.5. The number of fused-ring (bicyclic) bond motifs is 1. The predicted octanol–water partition coefficient (Wildman–Crippen LogP) is 4.59. The van der Waals surface area contributed by atoms with E-state index >= 15 is 0 Å². The Bertz CT molecular complexity index is 1230. The quantitative estimate of drug-likeness (QED) is 0.281.